The Hall–Kier alpha value is -1.58. The average molecular weight is 235 g/mol. The number of hydrogen-bond donors (Lipinski definition) is 1. The van der Waals surface area contributed by atoms with Gasteiger partial charge in [0.15, 0.2) is 0 Å². The highest BCUT2D eigenvalue weighted by molar-refractivity contribution is 5.98. The number of anilines is 1. The summed E-state index contributed by atoms with van der Waals surface area (Å²) in [6.07, 6.45) is 2.75. The lowest BCUT2D eigenvalue weighted by molar-refractivity contribution is 0.0775. The first-order chi connectivity index (χ1) is 8.10. The first-order valence-electron chi connectivity index (χ1n) is 5.98. The van der Waals surface area contributed by atoms with Crippen molar-refractivity contribution in [1.29, 1.82) is 0 Å². The van der Waals surface area contributed by atoms with Crippen LogP contribution in [0.15, 0.2) is 18.3 Å². The normalized spacial score (nSPS) is 12.0. The Morgan fingerprint density at radius 3 is 2.88 bits per heavy atom. The van der Waals surface area contributed by atoms with Crippen molar-refractivity contribution in [3.8, 4) is 0 Å². The lowest BCUT2D eigenvalue weighted by Gasteiger charge is -2.21. The number of hydrogen-bond acceptors (Lipinski definition) is 3. The van der Waals surface area contributed by atoms with E-state index in [0.29, 0.717) is 17.3 Å². The van der Waals surface area contributed by atoms with Crippen LogP contribution in [0.25, 0.3) is 0 Å². The Balaban J connectivity index is 2.81. The number of rotatable bonds is 5. The molecule has 0 aliphatic heterocycles. The topological polar surface area (TPSA) is 45.2 Å². The van der Waals surface area contributed by atoms with Crippen LogP contribution < -0.4 is 5.32 Å². The molecule has 94 valence electrons. The predicted octanol–water partition coefficient (Wildman–Crippen LogP) is 2.24. The van der Waals surface area contributed by atoms with Crippen molar-refractivity contribution in [2.24, 2.45) is 5.92 Å². The predicted molar refractivity (Wildman–Crippen MR) is 70.2 cm³/mol. The Kier molecular flexibility index (Phi) is 4.94. The smallest absolute Gasteiger partial charge is 0.257 e. The summed E-state index contributed by atoms with van der Waals surface area (Å²) in [7, 11) is 3.61. The molecule has 0 bridgehead atoms. The fourth-order valence-corrected chi connectivity index (χ4v) is 1.66. The minimum atomic E-state index is 0.0164. The molecule has 1 unspecified atom stereocenters. The molecule has 1 heterocycles. The van der Waals surface area contributed by atoms with Crippen molar-refractivity contribution in [2.45, 2.75) is 20.3 Å². The highest BCUT2D eigenvalue weighted by atomic mass is 16.2. The third-order valence-corrected chi connectivity index (χ3v) is 2.90. The molecule has 0 spiro atoms. The van der Waals surface area contributed by atoms with Crippen LogP contribution in [0.5, 0.6) is 0 Å². The molecule has 0 saturated carbocycles. The van der Waals surface area contributed by atoms with Crippen molar-refractivity contribution in [3.05, 3.63) is 23.9 Å². The molecule has 0 saturated heterocycles. The molecule has 1 N–H and O–H groups in total. The maximum Gasteiger partial charge on any atom is 0.257 e. The van der Waals surface area contributed by atoms with Crippen LogP contribution in [0, 0.1) is 5.92 Å². The summed E-state index contributed by atoms with van der Waals surface area (Å²) in [4.78, 5) is 18.1. The standard InChI is InChI=1S/C13H21N3O/c1-5-10(2)9-16(4)13(17)11-7-6-8-15-12(11)14-3/h6-8,10H,5,9H2,1-4H3,(H,14,15). The Morgan fingerprint density at radius 1 is 1.59 bits per heavy atom. The molecule has 0 aliphatic rings. The summed E-state index contributed by atoms with van der Waals surface area (Å²) < 4.78 is 0. The van der Waals surface area contributed by atoms with Gasteiger partial charge in [-0.2, -0.15) is 0 Å². The summed E-state index contributed by atoms with van der Waals surface area (Å²) in [6.45, 7) is 5.05. The quantitative estimate of drug-likeness (QED) is 0.851. The van der Waals surface area contributed by atoms with E-state index in [0.717, 1.165) is 13.0 Å². The number of carbonyl (C=O) groups excluding carboxylic acids is 1. The highest BCUT2D eigenvalue weighted by Crippen LogP contribution is 2.14. The Labute approximate surface area is 103 Å². The van der Waals surface area contributed by atoms with E-state index in [1.165, 1.54) is 0 Å². The molecule has 1 atom stereocenters. The van der Waals surface area contributed by atoms with Crippen LogP contribution in [0.2, 0.25) is 0 Å². The van der Waals surface area contributed by atoms with Gasteiger partial charge in [-0.25, -0.2) is 4.98 Å². The second-order valence-electron chi connectivity index (χ2n) is 4.35. The number of carbonyl (C=O) groups is 1. The van der Waals surface area contributed by atoms with E-state index in [2.05, 4.69) is 24.1 Å². The summed E-state index contributed by atoms with van der Waals surface area (Å²) >= 11 is 0. The van der Waals surface area contributed by atoms with Gasteiger partial charge < -0.3 is 10.2 Å². The first kappa shape index (κ1) is 13.5. The molecule has 0 aliphatic carbocycles. The largest absolute Gasteiger partial charge is 0.372 e. The minimum absolute atomic E-state index is 0.0164. The van der Waals surface area contributed by atoms with Crippen molar-refractivity contribution in [1.82, 2.24) is 9.88 Å². The van der Waals surface area contributed by atoms with Crippen LogP contribution in [-0.4, -0.2) is 36.4 Å². The molecule has 0 radical (unpaired) electrons. The molecule has 0 fully saturated rings. The SMILES string of the molecule is CCC(C)CN(C)C(=O)c1cccnc1NC. The number of nitrogens with one attached hydrogen (secondary N) is 1. The van der Waals surface area contributed by atoms with Crippen LogP contribution in [0.4, 0.5) is 5.82 Å². The second kappa shape index (κ2) is 6.23. The number of nitrogens with zero attached hydrogens (tertiary/aromatic N) is 2. The molecule has 0 aromatic carbocycles. The van der Waals surface area contributed by atoms with E-state index in [9.17, 15) is 4.79 Å². The molecule has 1 aromatic heterocycles. The van der Waals surface area contributed by atoms with E-state index in [-0.39, 0.29) is 5.91 Å². The molecular formula is C13H21N3O. The van der Waals surface area contributed by atoms with E-state index in [4.69, 9.17) is 0 Å². The van der Waals surface area contributed by atoms with E-state index in [1.807, 2.05) is 7.05 Å². The maximum absolute atomic E-state index is 12.2. The van der Waals surface area contributed by atoms with Gasteiger partial charge in [0.1, 0.15) is 5.82 Å². The van der Waals surface area contributed by atoms with E-state index >= 15 is 0 Å². The number of pyridine rings is 1. The van der Waals surface area contributed by atoms with Crippen LogP contribution in [-0.2, 0) is 0 Å². The fraction of sp³-hybridized carbons (Fsp3) is 0.538. The van der Waals surface area contributed by atoms with Gasteiger partial charge in [-0.3, -0.25) is 4.79 Å². The summed E-state index contributed by atoms with van der Waals surface area (Å²) in [6, 6.07) is 3.58. The lowest BCUT2D eigenvalue weighted by atomic mass is 10.1. The number of aromatic nitrogens is 1. The molecule has 4 nitrogen and oxygen atoms in total. The van der Waals surface area contributed by atoms with Crippen LogP contribution in [0.3, 0.4) is 0 Å². The molecule has 1 amide bonds. The van der Waals surface area contributed by atoms with E-state index < -0.39 is 0 Å². The summed E-state index contributed by atoms with van der Waals surface area (Å²) in [5, 5.41) is 2.94. The van der Waals surface area contributed by atoms with Gasteiger partial charge >= 0.3 is 0 Å². The molecule has 4 heteroatoms. The van der Waals surface area contributed by atoms with Gasteiger partial charge in [-0.05, 0) is 18.1 Å². The third kappa shape index (κ3) is 3.44. The third-order valence-electron chi connectivity index (χ3n) is 2.90. The van der Waals surface area contributed by atoms with E-state index in [1.54, 1.807) is 30.3 Å². The Morgan fingerprint density at radius 2 is 2.29 bits per heavy atom. The van der Waals surface area contributed by atoms with Crippen molar-refractivity contribution < 1.29 is 4.79 Å². The minimum Gasteiger partial charge on any atom is -0.372 e. The van der Waals surface area contributed by atoms with Gasteiger partial charge in [0.25, 0.3) is 5.91 Å². The van der Waals surface area contributed by atoms with Gasteiger partial charge in [0.2, 0.25) is 0 Å². The van der Waals surface area contributed by atoms with Gasteiger partial charge in [0, 0.05) is 26.8 Å². The molecule has 1 aromatic rings. The summed E-state index contributed by atoms with van der Waals surface area (Å²) in [5.41, 5.74) is 0.626. The zero-order chi connectivity index (χ0) is 12.8. The highest BCUT2D eigenvalue weighted by Gasteiger charge is 2.17. The van der Waals surface area contributed by atoms with Gasteiger partial charge in [0.05, 0.1) is 5.56 Å². The molecular weight excluding hydrogens is 214 g/mol. The van der Waals surface area contributed by atoms with Crippen LogP contribution >= 0.6 is 0 Å². The van der Waals surface area contributed by atoms with Gasteiger partial charge in [-0.1, -0.05) is 20.3 Å². The Bertz CT molecular complexity index is 379. The van der Waals surface area contributed by atoms with Crippen molar-refractivity contribution in [2.75, 3.05) is 26.0 Å². The molecule has 17 heavy (non-hydrogen) atoms. The van der Waals surface area contributed by atoms with Crippen molar-refractivity contribution in [3.63, 3.8) is 0 Å². The lowest BCUT2D eigenvalue weighted by Crippen LogP contribution is -2.31. The molecule has 1 rings (SSSR count). The monoisotopic (exact) mass is 235 g/mol. The van der Waals surface area contributed by atoms with Crippen molar-refractivity contribution >= 4 is 11.7 Å². The maximum atomic E-state index is 12.2. The zero-order valence-corrected chi connectivity index (χ0v) is 11.0. The van der Waals surface area contributed by atoms with Crippen LogP contribution in [0.1, 0.15) is 30.6 Å². The average Bonchev–Trinajstić information content (AvgIpc) is 2.37. The van der Waals surface area contributed by atoms with Gasteiger partial charge in [-0.15, -0.1) is 0 Å². The zero-order valence-electron chi connectivity index (χ0n) is 11.0. The fourth-order valence-electron chi connectivity index (χ4n) is 1.66. The second-order valence-corrected chi connectivity index (χ2v) is 4.35. The number of amides is 1. The summed E-state index contributed by atoms with van der Waals surface area (Å²) in [5.74, 6) is 1.16. The first-order valence-corrected chi connectivity index (χ1v) is 5.98.